The third-order valence-electron chi connectivity index (χ3n) is 6.44. The molecule has 1 atom stereocenters. The summed E-state index contributed by atoms with van der Waals surface area (Å²) in [7, 11) is 0. The number of nitrogens with zero attached hydrogens (tertiary/aromatic N) is 6. The van der Waals surface area contributed by atoms with E-state index < -0.39 is 0 Å². The Bertz CT molecular complexity index is 1110. The Morgan fingerprint density at radius 2 is 2.03 bits per heavy atom. The van der Waals surface area contributed by atoms with E-state index in [-0.39, 0.29) is 0 Å². The lowest BCUT2D eigenvalue weighted by Gasteiger charge is -2.31. The summed E-state index contributed by atoms with van der Waals surface area (Å²) in [6.07, 6.45) is 11.0. The van der Waals surface area contributed by atoms with Crippen molar-refractivity contribution >= 4 is 12.0 Å². The van der Waals surface area contributed by atoms with Crippen LogP contribution in [0.15, 0.2) is 47.8 Å². The first kappa shape index (κ1) is 19.4. The lowest BCUT2D eigenvalue weighted by molar-refractivity contribution is 0.193. The van der Waals surface area contributed by atoms with Crippen molar-refractivity contribution in [3.63, 3.8) is 0 Å². The Balaban J connectivity index is 1.12. The van der Waals surface area contributed by atoms with E-state index >= 15 is 0 Å². The van der Waals surface area contributed by atoms with Gasteiger partial charge in [-0.05, 0) is 43.5 Å². The van der Waals surface area contributed by atoms with Crippen molar-refractivity contribution < 1.29 is 9.47 Å². The number of aliphatic imine (C=N–C) groups is 1. The Hall–Kier alpha value is -3.26. The number of fused-ring (bicyclic) bond motifs is 3. The Morgan fingerprint density at radius 3 is 2.84 bits per heavy atom. The molecule has 3 aromatic heterocycles. The van der Waals surface area contributed by atoms with Crippen molar-refractivity contribution in [2.24, 2.45) is 10.9 Å². The van der Waals surface area contributed by atoms with E-state index in [0.29, 0.717) is 24.4 Å². The second-order valence-electron chi connectivity index (χ2n) is 8.61. The van der Waals surface area contributed by atoms with Gasteiger partial charge in [0, 0.05) is 49.8 Å². The van der Waals surface area contributed by atoms with E-state index in [0.717, 1.165) is 73.9 Å². The number of anilines is 1. The smallest absolute Gasteiger partial charge is 0.223 e. The van der Waals surface area contributed by atoms with Crippen LogP contribution in [0.1, 0.15) is 24.8 Å². The van der Waals surface area contributed by atoms with Crippen molar-refractivity contribution in [3.8, 4) is 22.8 Å². The van der Waals surface area contributed by atoms with Gasteiger partial charge >= 0.3 is 0 Å². The van der Waals surface area contributed by atoms with Gasteiger partial charge in [0.05, 0.1) is 30.1 Å². The van der Waals surface area contributed by atoms with Gasteiger partial charge in [-0.25, -0.2) is 14.6 Å². The lowest BCUT2D eigenvalue weighted by atomic mass is 10.0. The van der Waals surface area contributed by atoms with Crippen molar-refractivity contribution in [2.75, 3.05) is 31.2 Å². The Kier molecular flexibility index (Phi) is 5.07. The van der Waals surface area contributed by atoms with Gasteiger partial charge in [-0.2, -0.15) is 5.10 Å². The number of piperidine rings is 1. The van der Waals surface area contributed by atoms with Crippen LogP contribution in [0.2, 0.25) is 0 Å². The molecule has 2 fully saturated rings. The largest absolute Gasteiger partial charge is 0.472 e. The van der Waals surface area contributed by atoms with Crippen LogP contribution in [-0.2, 0) is 11.3 Å². The summed E-state index contributed by atoms with van der Waals surface area (Å²) in [6, 6.07) is 8.48. The monoisotopic (exact) mass is 430 g/mol. The number of aromatic nitrogens is 4. The average molecular weight is 431 g/mol. The minimum Gasteiger partial charge on any atom is -0.472 e. The average Bonchev–Trinajstić information content (AvgIpc) is 3.53. The third kappa shape index (κ3) is 3.75. The van der Waals surface area contributed by atoms with Gasteiger partial charge in [0.1, 0.15) is 18.1 Å². The van der Waals surface area contributed by atoms with Crippen LogP contribution in [0.3, 0.4) is 0 Å². The molecule has 6 heterocycles. The fraction of sp³-hybridized carbons (Fsp3) is 0.417. The minimum absolute atomic E-state index is 0.418. The lowest BCUT2D eigenvalue weighted by Crippen LogP contribution is -2.35. The van der Waals surface area contributed by atoms with E-state index in [9.17, 15) is 0 Å². The first-order valence-electron chi connectivity index (χ1n) is 11.3. The molecule has 8 nitrogen and oxygen atoms in total. The van der Waals surface area contributed by atoms with E-state index in [2.05, 4.69) is 28.2 Å². The Labute approximate surface area is 186 Å². The molecule has 2 saturated heterocycles. The zero-order chi connectivity index (χ0) is 21.3. The van der Waals surface area contributed by atoms with Crippen LogP contribution in [0.4, 0.5) is 5.82 Å². The molecule has 0 radical (unpaired) electrons. The predicted molar refractivity (Wildman–Crippen MR) is 122 cm³/mol. The number of rotatable bonds is 4. The fourth-order valence-corrected chi connectivity index (χ4v) is 4.57. The molecule has 0 aliphatic carbocycles. The quantitative estimate of drug-likeness (QED) is 0.591. The van der Waals surface area contributed by atoms with E-state index in [4.69, 9.17) is 24.5 Å². The van der Waals surface area contributed by atoms with Gasteiger partial charge < -0.3 is 14.4 Å². The van der Waals surface area contributed by atoms with Crippen molar-refractivity contribution in [1.29, 1.82) is 0 Å². The topological polar surface area (TPSA) is 77.7 Å². The van der Waals surface area contributed by atoms with E-state index in [1.165, 1.54) is 0 Å². The normalized spacial score (nSPS) is 20.9. The number of hydrogen-bond acceptors (Lipinski definition) is 7. The number of pyridine rings is 2. The van der Waals surface area contributed by atoms with Crippen LogP contribution in [-0.4, -0.2) is 58.3 Å². The van der Waals surface area contributed by atoms with Gasteiger partial charge in [0.15, 0.2) is 0 Å². The molecule has 0 amide bonds. The maximum atomic E-state index is 5.75. The highest BCUT2D eigenvalue weighted by Crippen LogP contribution is 2.35. The highest BCUT2D eigenvalue weighted by Gasteiger charge is 2.23. The second-order valence-corrected chi connectivity index (χ2v) is 8.61. The molecule has 8 heteroatoms. The standard InChI is InChI=1S/C24H26N6O2/c1-2-21-23-18(16-32-24(21)25-8-1)14-30(28-23)20-3-4-22(27-13-20)29-9-5-19(6-10-29)26-12-17-7-11-31-15-17/h1-4,8,12-14,17,19H,5-7,9-11,15-16H2. The molecule has 3 aliphatic rings. The third-order valence-corrected chi connectivity index (χ3v) is 6.44. The predicted octanol–water partition coefficient (Wildman–Crippen LogP) is 3.30. The molecule has 0 N–H and O–H groups in total. The minimum atomic E-state index is 0.418. The summed E-state index contributed by atoms with van der Waals surface area (Å²) in [4.78, 5) is 16.2. The summed E-state index contributed by atoms with van der Waals surface area (Å²) in [5, 5.41) is 4.79. The molecule has 6 rings (SSSR count). The van der Waals surface area contributed by atoms with Crippen LogP contribution >= 0.6 is 0 Å². The van der Waals surface area contributed by atoms with Crippen molar-refractivity contribution in [3.05, 3.63) is 48.4 Å². The molecule has 1 unspecified atom stereocenters. The molecule has 3 aliphatic heterocycles. The highest BCUT2D eigenvalue weighted by molar-refractivity contribution is 5.69. The molecular formula is C24H26N6O2. The van der Waals surface area contributed by atoms with Gasteiger partial charge in [0.2, 0.25) is 5.88 Å². The molecule has 164 valence electrons. The molecule has 0 bridgehead atoms. The maximum absolute atomic E-state index is 5.75. The first-order valence-corrected chi connectivity index (χ1v) is 11.3. The second kappa shape index (κ2) is 8.35. The first-order chi connectivity index (χ1) is 15.8. The molecule has 0 saturated carbocycles. The van der Waals surface area contributed by atoms with Crippen LogP contribution in [0.25, 0.3) is 16.9 Å². The molecule has 3 aromatic rings. The Morgan fingerprint density at radius 1 is 1.09 bits per heavy atom. The molecule has 0 aromatic carbocycles. The van der Waals surface area contributed by atoms with Gasteiger partial charge in [-0.15, -0.1) is 0 Å². The van der Waals surface area contributed by atoms with E-state index in [1.807, 2.05) is 29.2 Å². The van der Waals surface area contributed by atoms with Crippen LogP contribution < -0.4 is 9.64 Å². The number of hydrogen-bond donors (Lipinski definition) is 0. The van der Waals surface area contributed by atoms with Gasteiger partial charge in [-0.3, -0.25) is 4.99 Å². The fourth-order valence-electron chi connectivity index (χ4n) is 4.57. The highest BCUT2D eigenvalue weighted by atomic mass is 16.5. The summed E-state index contributed by atoms with van der Waals surface area (Å²) >= 11 is 0. The van der Waals surface area contributed by atoms with Gasteiger partial charge in [-0.1, -0.05) is 0 Å². The molecule has 0 spiro atoms. The summed E-state index contributed by atoms with van der Waals surface area (Å²) < 4.78 is 13.1. The van der Waals surface area contributed by atoms with Gasteiger partial charge in [0.25, 0.3) is 0 Å². The van der Waals surface area contributed by atoms with Crippen molar-refractivity contribution in [2.45, 2.75) is 31.9 Å². The molecular weight excluding hydrogens is 404 g/mol. The van der Waals surface area contributed by atoms with Crippen molar-refractivity contribution in [1.82, 2.24) is 19.7 Å². The zero-order valence-corrected chi connectivity index (χ0v) is 17.9. The maximum Gasteiger partial charge on any atom is 0.223 e. The van der Waals surface area contributed by atoms with Crippen LogP contribution in [0.5, 0.6) is 5.88 Å². The summed E-state index contributed by atoms with van der Waals surface area (Å²) in [5.41, 5.74) is 3.85. The summed E-state index contributed by atoms with van der Waals surface area (Å²) in [6.45, 7) is 4.14. The SMILES string of the molecule is C(=NC1CCN(c2ccc(-n3cc4c(n3)-c3cccnc3OC4)cn2)CC1)C1CCOC1. The number of ether oxygens (including phenoxy) is 2. The zero-order valence-electron chi connectivity index (χ0n) is 17.9. The molecule has 32 heavy (non-hydrogen) atoms. The van der Waals surface area contributed by atoms with Crippen LogP contribution in [0, 0.1) is 5.92 Å². The summed E-state index contributed by atoms with van der Waals surface area (Å²) in [5.74, 6) is 2.16. The van der Waals surface area contributed by atoms with E-state index in [1.54, 1.807) is 6.20 Å².